The Balaban J connectivity index is 1.48. The molecule has 1 atom stereocenters. The Kier molecular flexibility index (Phi) is 3.05. The summed E-state index contributed by atoms with van der Waals surface area (Å²) in [5.74, 6) is -0.307. The molecule has 3 aliphatic rings. The van der Waals surface area contributed by atoms with Crippen molar-refractivity contribution in [2.45, 2.75) is 37.8 Å². The standard InChI is InChI=1S/C16H21FN4O2/c1-19-9-12(8-18-19)21-11-15(7-13(21)22)5-6-20(10-15)14(23)16(17)3-2-4-16/h8-9H,2-7,10-11H2,1H3. The summed E-state index contributed by atoms with van der Waals surface area (Å²) in [7, 11) is 1.81. The molecular formula is C16H21FN4O2. The number of alkyl halides is 1. The van der Waals surface area contributed by atoms with Gasteiger partial charge in [0.2, 0.25) is 5.91 Å². The number of hydrogen-bond donors (Lipinski definition) is 0. The monoisotopic (exact) mass is 320 g/mol. The lowest BCUT2D eigenvalue weighted by molar-refractivity contribution is -0.149. The highest BCUT2D eigenvalue weighted by atomic mass is 19.1. The molecule has 7 heteroatoms. The van der Waals surface area contributed by atoms with E-state index in [1.165, 1.54) is 0 Å². The van der Waals surface area contributed by atoms with Crippen LogP contribution in [0, 0.1) is 5.41 Å². The minimum Gasteiger partial charge on any atom is -0.339 e. The van der Waals surface area contributed by atoms with Crippen molar-refractivity contribution in [2.24, 2.45) is 12.5 Å². The first kappa shape index (κ1) is 14.7. The van der Waals surface area contributed by atoms with Gasteiger partial charge in [-0.3, -0.25) is 14.3 Å². The Hall–Kier alpha value is -1.92. The molecule has 6 nitrogen and oxygen atoms in total. The average Bonchev–Trinajstić information content (AvgIpc) is 3.16. The van der Waals surface area contributed by atoms with Crippen molar-refractivity contribution < 1.29 is 14.0 Å². The van der Waals surface area contributed by atoms with Crippen LogP contribution >= 0.6 is 0 Å². The van der Waals surface area contributed by atoms with E-state index < -0.39 is 5.67 Å². The number of carbonyl (C=O) groups excluding carboxylic acids is 2. The molecule has 4 rings (SSSR count). The molecule has 3 fully saturated rings. The fourth-order valence-electron chi connectivity index (χ4n) is 4.04. The van der Waals surface area contributed by atoms with Crippen LogP contribution < -0.4 is 4.90 Å². The van der Waals surface area contributed by atoms with E-state index in [1.807, 2.05) is 13.2 Å². The molecule has 0 aromatic carbocycles. The number of likely N-dealkylation sites (tertiary alicyclic amines) is 1. The van der Waals surface area contributed by atoms with E-state index in [1.54, 1.807) is 20.7 Å². The van der Waals surface area contributed by atoms with Gasteiger partial charge >= 0.3 is 0 Å². The minimum atomic E-state index is -1.64. The van der Waals surface area contributed by atoms with Crippen LogP contribution in [-0.2, 0) is 16.6 Å². The molecule has 0 radical (unpaired) electrons. The molecule has 23 heavy (non-hydrogen) atoms. The Labute approximate surface area is 134 Å². The summed E-state index contributed by atoms with van der Waals surface area (Å²) in [4.78, 5) is 28.1. The zero-order chi connectivity index (χ0) is 16.2. The molecule has 124 valence electrons. The Bertz CT molecular complexity index is 669. The van der Waals surface area contributed by atoms with Gasteiger partial charge in [-0.1, -0.05) is 0 Å². The first-order valence-electron chi connectivity index (χ1n) is 8.18. The lowest BCUT2D eigenvalue weighted by atomic mass is 9.81. The topological polar surface area (TPSA) is 58.4 Å². The first-order chi connectivity index (χ1) is 10.9. The second-order valence-electron chi connectivity index (χ2n) is 7.32. The molecule has 2 amide bonds. The maximum Gasteiger partial charge on any atom is 0.260 e. The van der Waals surface area contributed by atoms with Crippen molar-refractivity contribution in [3.63, 3.8) is 0 Å². The molecule has 1 aromatic rings. The van der Waals surface area contributed by atoms with Gasteiger partial charge in [-0.05, 0) is 25.7 Å². The van der Waals surface area contributed by atoms with Crippen molar-refractivity contribution in [1.29, 1.82) is 0 Å². The number of anilines is 1. The summed E-state index contributed by atoms with van der Waals surface area (Å²) in [6.45, 7) is 1.62. The quantitative estimate of drug-likeness (QED) is 0.824. The molecule has 0 N–H and O–H groups in total. The van der Waals surface area contributed by atoms with Gasteiger partial charge in [-0.15, -0.1) is 0 Å². The zero-order valence-electron chi connectivity index (χ0n) is 13.3. The molecule has 2 aliphatic heterocycles. The predicted octanol–water partition coefficient (Wildman–Crippen LogP) is 1.27. The molecule has 1 aliphatic carbocycles. The van der Waals surface area contributed by atoms with E-state index >= 15 is 0 Å². The van der Waals surface area contributed by atoms with Crippen LogP contribution in [-0.4, -0.2) is 51.8 Å². The van der Waals surface area contributed by atoms with Crippen LogP contribution in [0.3, 0.4) is 0 Å². The largest absolute Gasteiger partial charge is 0.339 e. The number of aromatic nitrogens is 2. The van der Waals surface area contributed by atoms with E-state index in [0.717, 1.165) is 18.5 Å². The fraction of sp³-hybridized carbons (Fsp3) is 0.688. The van der Waals surface area contributed by atoms with Gasteiger partial charge in [0.05, 0.1) is 11.9 Å². The van der Waals surface area contributed by atoms with Gasteiger partial charge in [0.15, 0.2) is 5.67 Å². The molecular weight excluding hydrogens is 299 g/mol. The summed E-state index contributed by atoms with van der Waals surface area (Å²) < 4.78 is 16.0. The van der Waals surface area contributed by atoms with Crippen molar-refractivity contribution in [3.8, 4) is 0 Å². The molecule has 1 saturated carbocycles. The lowest BCUT2D eigenvalue weighted by Gasteiger charge is -2.36. The average molecular weight is 320 g/mol. The summed E-state index contributed by atoms with van der Waals surface area (Å²) in [6.07, 6.45) is 6.16. The van der Waals surface area contributed by atoms with Gasteiger partial charge < -0.3 is 9.80 Å². The maximum absolute atomic E-state index is 14.4. The molecule has 1 aromatic heterocycles. The molecule has 1 unspecified atom stereocenters. The van der Waals surface area contributed by atoms with E-state index in [0.29, 0.717) is 38.9 Å². The van der Waals surface area contributed by atoms with E-state index in [-0.39, 0.29) is 17.2 Å². The maximum atomic E-state index is 14.4. The number of carbonyl (C=O) groups is 2. The number of nitrogens with zero attached hydrogens (tertiary/aromatic N) is 4. The highest BCUT2D eigenvalue weighted by molar-refractivity contribution is 5.96. The van der Waals surface area contributed by atoms with Crippen LogP contribution in [0.5, 0.6) is 0 Å². The van der Waals surface area contributed by atoms with Crippen molar-refractivity contribution >= 4 is 17.5 Å². The predicted molar refractivity (Wildman–Crippen MR) is 81.5 cm³/mol. The molecule has 0 bridgehead atoms. The highest BCUT2D eigenvalue weighted by Crippen LogP contribution is 2.44. The van der Waals surface area contributed by atoms with Gasteiger partial charge in [-0.2, -0.15) is 5.10 Å². The van der Waals surface area contributed by atoms with Crippen LogP contribution in [0.25, 0.3) is 0 Å². The van der Waals surface area contributed by atoms with Gasteiger partial charge in [0, 0.05) is 44.7 Å². The Morgan fingerprint density at radius 3 is 2.70 bits per heavy atom. The third kappa shape index (κ3) is 2.24. The van der Waals surface area contributed by atoms with E-state index in [9.17, 15) is 14.0 Å². The number of hydrogen-bond acceptors (Lipinski definition) is 3. The normalized spacial score (nSPS) is 29.4. The van der Waals surface area contributed by atoms with Crippen molar-refractivity contribution in [3.05, 3.63) is 12.4 Å². The number of amides is 2. The third-order valence-electron chi connectivity index (χ3n) is 5.58. The number of aryl methyl sites for hydroxylation is 1. The van der Waals surface area contributed by atoms with Gasteiger partial charge in [-0.25, -0.2) is 4.39 Å². The second-order valence-corrected chi connectivity index (χ2v) is 7.32. The third-order valence-corrected chi connectivity index (χ3v) is 5.58. The van der Waals surface area contributed by atoms with Crippen molar-refractivity contribution in [1.82, 2.24) is 14.7 Å². The molecule has 2 saturated heterocycles. The first-order valence-corrected chi connectivity index (χ1v) is 8.18. The van der Waals surface area contributed by atoms with Crippen molar-refractivity contribution in [2.75, 3.05) is 24.5 Å². The minimum absolute atomic E-state index is 0.0610. The van der Waals surface area contributed by atoms with Crippen LogP contribution in [0.15, 0.2) is 12.4 Å². The smallest absolute Gasteiger partial charge is 0.260 e. The number of halogens is 1. The van der Waals surface area contributed by atoms with E-state index in [2.05, 4.69) is 5.10 Å². The lowest BCUT2D eigenvalue weighted by Crippen LogP contribution is -2.50. The van der Waals surface area contributed by atoms with Crippen LogP contribution in [0.4, 0.5) is 10.1 Å². The SMILES string of the molecule is Cn1cc(N2CC3(CCN(C(=O)C4(F)CCC4)C3)CC2=O)cn1. The highest BCUT2D eigenvalue weighted by Gasteiger charge is 2.53. The fourth-order valence-corrected chi connectivity index (χ4v) is 4.04. The van der Waals surface area contributed by atoms with Crippen LogP contribution in [0.2, 0.25) is 0 Å². The molecule has 1 spiro atoms. The zero-order valence-corrected chi connectivity index (χ0v) is 13.3. The van der Waals surface area contributed by atoms with Gasteiger partial charge in [0.25, 0.3) is 5.91 Å². The molecule has 3 heterocycles. The summed E-state index contributed by atoms with van der Waals surface area (Å²) in [5.41, 5.74) is -1.08. The summed E-state index contributed by atoms with van der Waals surface area (Å²) in [5, 5.41) is 4.11. The summed E-state index contributed by atoms with van der Waals surface area (Å²) in [6, 6.07) is 0. The number of rotatable bonds is 2. The summed E-state index contributed by atoms with van der Waals surface area (Å²) >= 11 is 0. The van der Waals surface area contributed by atoms with Crippen LogP contribution in [0.1, 0.15) is 32.1 Å². The second kappa shape index (κ2) is 4.79. The Morgan fingerprint density at radius 1 is 1.30 bits per heavy atom. The van der Waals surface area contributed by atoms with E-state index in [4.69, 9.17) is 0 Å². The Morgan fingerprint density at radius 2 is 2.09 bits per heavy atom. The van der Waals surface area contributed by atoms with Gasteiger partial charge in [0.1, 0.15) is 0 Å².